The van der Waals surface area contributed by atoms with E-state index in [9.17, 15) is 9.90 Å². The van der Waals surface area contributed by atoms with Crippen LogP contribution in [-0.4, -0.2) is 23.6 Å². The molecule has 0 aliphatic carbocycles. The molecule has 1 aromatic carbocycles. The number of rotatable bonds is 2. The molecule has 16 heavy (non-hydrogen) atoms. The standard InChI is InChI=1S/C12H16N2O2/c1-8-4-5-9(7-11(8)15)14-6-2-3-10(14)12(13)16/h4-5,7,10,15H,2-3,6H2,1H3,(H2,13,16). The Labute approximate surface area is 94.7 Å². The first-order valence-corrected chi connectivity index (χ1v) is 5.45. The molecule has 0 saturated carbocycles. The number of nitrogens with zero attached hydrogens (tertiary/aromatic N) is 1. The number of phenols is 1. The molecule has 1 atom stereocenters. The second kappa shape index (κ2) is 4.04. The third kappa shape index (κ3) is 1.83. The quantitative estimate of drug-likeness (QED) is 0.785. The van der Waals surface area contributed by atoms with Gasteiger partial charge in [0.1, 0.15) is 11.8 Å². The minimum Gasteiger partial charge on any atom is -0.508 e. The summed E-state index contributed by atoms with van der Waals surface area (Å²) in [7, 11) is 0. The summed E-state index contributed by atoms with van der Waals surface area (Å²) >= 11 is 0. The third-order valence-corrected chi connectivity index (χ3v) is 3.11. The minimum absolute atomic E-state index is 0.234. The number of benzene rings is 1. The third-order valence-electron chi connectivity index (χ3n) is 3.11. The predicted molar refractivity (Wildman–Crippen MR) is 62.4 cm³/mol. The van der Waals surface area contributed by atoms with Gasteiger partial charge in [-0.25, -0.2) is 0 Å². The molecule has 3 N–H and O–H groups in total. The molecule has 86 valence electrons. The molecular weight excluding hydrogens is 204 g/mol. The van der Waals surface area contributed by atoms with E-state index in [1.807, 2.05) is 24.0 Å². The summed E-state index contributed by atoms with van der Waals surface area (Å²) in [5.74, 6) is -0.0369. The van der Waals surface area contributed by atoms with E-state index < -0.39 is 0 Å². The number of phenolic OH excluding ortho intramolecular Hbond substituents is 1. The molecule has 1 unspecified atom stereocenters. The van der Waals surface area contributed by atoms with Crippen LogP contribution in [0, 0.1) is 6.92 Å². The fraction of sp³-hybridized carbons (Fsp3) is 0.417. The fourth-order valence-electron chi connectivity index (χ4n) is 2.15. The van der Waals surface area contributed by atoms with Crippen LogP contribution in [0.4, 0.5) is 5.69 Å². The summed E-state index contributed by atoms with van der Waals surface area (Å²) in [5.41, 5.74) is 7.05. The van der Waals surface area contributed by atoms with Gasteiger partial charge in [0.15, 0.2) is 0 Å². The summed E-state index contributed by atoms with van der Waals surface area (Å²) < 4.78 is 0. The van der Waals surface area contributed by atoms with Gasteiger partial charge >= 0.3 is 0 Å². The number of aromatic hydroxyl groups is 1. The lowest BCUT2D eigenvalue weighted by atomic mass is 10.1. The lowest BCUT2D eigenvalue weighted by Crippen LogP contribution is -2.40. The van der Waals surface area contributed by atoms with Crippen LogP contribution in [0.2, 0.25) is 0 Å². The van der Waals surface area contributed by atoms with Crippen molar-refractivity contribution in [3.63, 3.8) is 0 Å². The first-order valence-electron chi connectivity index (χ1n) is 5.45. The molecule has 1 saturated heterocycles. The first-order chi connectivity index (χ1) is 7.59. The number of primary amides is 1. The Bertz CT molecular complexity index is 417. The molecule has 1 aromatic rings. The second-order valence-corrected chi connectivity index (χ2v) is 4.22. The number of hydrogen-bond acceptors (Lipinski definition) is 3. The highest BCUT2D eigenvalue weighted by atomic mass is 16.3. The molecule has 4 nitrogen and oxygen atoms in total. The molecule has 1 aliphatic rings. The monoisotopic (exact) mass is 220 g/mol. The van der Waals surface area contributed by atoms with Crippen molar-refractivity contribution in [1.82, 2.24) is 0 Å². The van der Waals surface area contributed by atoms with Gasteiger partial charge in [0.05, 0.1) is 0 Å². The zero-order chi connectivity index (χ0) is 11.7. The van der Waals surface area contributed by atoms with Gasteiger partial charge in [-0.15, -0.1) is 0 Å². The first kappa shape index (κ1) is 10.8. The Kier molecular flexibility index (Phi) is 2.73. The molecule has 1 aliphatic heterocycles. The topological polar surface area (TPSA) is 66.6 Å². The lowest BCUT2D eigenvalue weighted by molar-refractivity contribution is -0.119. The van der Waals surface area contributed by atoms with Crippen molar-refractivity contribution < 1.29 is 9.90 Å². The van der Waals surface area contributed by atoms with E-state index in [0.29, 0.717) is 0 Å². The molecule has 1 heterocycles. The van der Waals surface area contributed by atoms with Crippen LogP contribution in [0.3, 0.4) is 0 Å². The van der Waals surface area contributed by atoms with Crippen molar-refractivity contribution in [3.05, 3.63) is 23.8 Å². The van der Waals surface area contributed by atoms with E-state index in [1.165, 1.54) is 0 Å². The lowest BCUT2D eigenvalue weighted by Gasteiger charge is -2.24. The van der Waals surface area contributed by atoms with Crippen molar-refractivity contribution in [1.29, 1.82) is 0 Å². The van der Waals surface area contributed by atoms with Gasteiger partial charge in [-0.05, 0) is 31.4 Å². The van der Waals surface area contributed by atoms with Crippen LogP contribution in [0.5, 0.6) is 5.75 Å². The van der Waals surface area contributed by atoms with Gasteiger partial charge < -0.3 is 15.7 Å². The Morgan fingerprint density at radius 3 is 2.94 bits per heavy atom. The van der Waals surface area contributed by atoms with E-state index in [4.69, 9.17) is 5.73 Å². The summed E-state index contributed by atoms with van der Waals surface area (Å²) in [6, 6.07) is 5.22. The van der Waals surface area contributed by atoms with Crippen LogP contribution in [0.1, 0.15) is 18.4 Å². The molecule has 0 radical (unpaired) electrons. The summed E-state index contributed by atoms with van der Waals surface area (Å²) in [6.45, 7) is 2.66. The van der Waals surface area contributed by atoms with E-state index in [-0.39, 0.29) is 17.7 Å². The Morgan fingerprint density at radius 2 is 2.31 bits per heavy atom. The van der Waals surface area contributed by atoms with Crippen LogP contribution in [0.15, 0.2) is 18.2 Å². The number of carbonyl (C=O) groups is 1. The molecule has 4 heteroatoms. The van der Waals surface area contributed by atoms with Crippen molar-refractivity contribution in [2.45, 2.75) is 25.8 Å². The number of amides is 1. The SMILES string of the molecule is Cc1ccc(N2CCCC2C(N)=O)cc1O. The van der Waals surface area contributed by atoms with Crippen molar-refractivity contribution >= 4 is 11.6 Å². The van der Waals surface area contributed by atoms with E-state index >= 15 is 0 Å². The molecular formula is C12H16N2O2. The maximum atomic E-state index is 11.3. The summed E-state index contributed by atoms with van der Waals surface area (Å²) in [4.78, 5) is 13.2. The average molecular weight is 220 g/mol. The van der Waals surface area contributed by atoms with Gasteiger partial charge in [0, 0.05) is 18.3 Å². The van der Waals surface area contributed by atoms with E-state index in [0.717, 1.165) is 30.6 Å². The molecule has 1 fully saturated rings. The largest absolute Gasteiger partial charge is 0.508 e. The normalized spacial score (nSPS) is 20.1. The number of hydrogen-bond donors (Lipinski definition) is 2. The van der Waals surface area contributed by atoms with Gasteiger partial charge in [0.25, 0.3) is 0 Å². The van der Waals surface area contributed by atoms with E-state index in [1.54, 1.807) is 6.07 Å². The average Bonchev–Trinajstić information content (AvgIpc) is 2.71. The van der Waals surface area contributed by atoms with Crippen LogP contribution in [0.25, 0.3) is 0 Å². The highest BCUT2D eigenvalue weighted by Crippen LogP contribution is 2.29. The molecule has 1 amide bonds. The highest BCUT2D eigenvalue weighted by molar-refractivity contribution is 5.84. The molecule has 0 bridgehead atoms. The molecule has 0 aromatic heterocycles. The molecule has 2 rings (SSSR count). The maximum absolute atomic E-state index is 11.3. The Balaban J connectivity index is 2.29. The molecule has 0 spiro atoms. The highest BCUT2D eigenvalue weighted by Gasteiger charge is 2.29. The zero-order valence-corrected chi connectivity index (χ0v) is 9.31. The number of carbonyl (C=O) groups excluding carboxylic acids is 1. The van der Waals surface area contributed by atoms with E-state index in [2.05, 4.69) is 0 Å². The fourth-order valence-corrected chi connectivity index (χ4v) is 2.15. The van der Waals surface area contributed by atoms with Crippen molar-refractivity contribution in [2.75, 3.05) is 11.4 Å². The number of aryl methyl sites for hydroxylation is 1. The smallest absolute Gasteiger partial charge is 0.240 e. The van der Waals surface area contributed by atoms with Gasteiger partial charge in [-0.1, -0.05) is 6.07 Å². The van der Waals surface area contributed by atoms with Gasteiger partial charge in [-0.2, -0.15) is 0 Å². The maximum Gasteiger partial charge on any atom is 0.240 e. The van der Waals surface area contributed by atoms with Crippen LogP contribution in [-0.2, 0) is 4.79 Å². The number of nitrogens with two attached hydrogens (primary N) is 1. The summed E-state index contributed by atoms with van der Waals surface area (Å²) in [6.07, 6.45) is 1.76. The minimum atomic E-state index is -0.294. The Hall–Kier alpha value is -1.71. The van der Waals surface area contributed by atoms with Crippen LogP contribution >= 0.6 is 0 Å². The summed E-state index contributed by atoms with van der Waals surface area (Å²) in [5, 5.41) is 9.64. The second-order valence-electron chi connectivity index (χ2n) is 4.22. The van der Waals surface area contributed by atoms with Crippen LogP contribution < -0.4 is 10.6 Å². The van der Waals surface area contributed by atoms with Gasteiger partial charge in [0.2, 0.25) is 5.91 Å². The van der Waals surface area contributed by atoms with Crippen molar-refractivity contribution in [3.8, 4) is 5.75 Å². The Morgan fingerprint density at radius 1 is 1.56 bits per heavy atom. The number of anilines is 1. The predicted octanol–water partition coefficient (Wildman–Crippen LogP) is 1.15. The zero-order valence-electron chi connectivity index (χ0n) is 9.31. The van der Waals surface area contributed by atoms with Gasteiger partial charge in [-0.3, -0.25) is 4.79 Å². The van der Waals surface area contributed by atoms with Crippen molar-refractivity contribution in [2.24, 2.45) is 5.73 Å².